The van der Waals surface area contributed by atoms with E-state index in [4.69, 9.17) is 13.1 Å². The molecular formula is C17H26O5S. The molecule has 5 nitrogen and oxygen atoms in total. The van der Waals surface area contributed by atoms with Gasteiger partial charge in [0.1, 0.15) is 11.4 Å². The zero-order chi connectivity index (χ0) is 17.6. The Labute approximate surface area is 141 Å². The Balaban J connectivity index is 2.62. The Bertz CT molecular complexity index is 533. The standard InChI is InChI=1S/C17H26O5S/c1-7-15(13(3)16(18)20-17(4,5)6)22-23(19)21-14-10-8-12(2)9-11-14/h8-11,13,15H,7H2,1-6H3. The molecule has 0 amide bonds. The molecule has 1 aromatic rings. The van der Waals surface area contributed by atoms with Gasteiger partial charge in [0.05, 0.1) is 12.0 Å². The second-order valence-electron chi connectivity index (χ2n) is 6.47. The summed E-state index contributed by atoms with van der Waals surface area (Å²) in [6, 6.07) is 7.14. The van der Waals surface area contributed by atoms with E-state index in [0.29, 0.717) is 12.2 Å². The van der Waals surface area contributed by atoms with E-state index in [1.165, 1.54) is 0 Å². The van der Waals surface area contributed by atoms with E-state index >= 15 is 0 Å². The highest BCUT2D eigenvalue weighted by molar-refractivity contribution is 7.75. The quantitative estimate of drug-likeness (QED) is 0.707. The molecule has 6 heteroatoms. The number of hydrogen-bond donors (Lipinski definition) is 0. The molecule has 0 radical (unpaired) electrons. The van der Waals surface area contributed by atoms with Crippen molar-refractivity contribution >= 4 is 17.3 Å². The fourth-order valence-corrected chi connectivity index (χ4v) is 2.66. The lowest BCUT2D eigenvalue weighted by atomic mass is 10.0. The Morgan fingerprint density at radius 3 is 2.26 bits per heavy atom. The molecule has 0 heterocycles. The number of carbonyl (C=O) groups is 1. The van der Waals surface area contributed by atoms with Gasteiger partial charge in [0.2, 0.25) is 0 Å². The molecule has 0 bridgehead atoms. The fraction of sp³-hybridized carbons (Fsp3) is 0.588. The highest BCUT2D eigenvalue weighted by Gasteiger charge is 2.30. The average molecular weight is 342 g/mol. The van der Waals surface area contributed by atoms with E-state index in [2.05, 4.69) is 0 Å². The van der Waals surface area contributed by atoms with Crippen LogP contribution in [-0.2, 0) is 25.1 Å². The first-order valence-corrected chi connectivity index (χ1v) is 8.69. The van der Waals surface area contributed by atoms with Gasteiger partial charge in [-0.1, -0.05) is 24.6 Å². The van der Waals surface area contributed by atoms with Crippen LogP contribution in [0.25, 0.3) is 0 Å². The molecular weight excluding hydrogens is 316 g/mol. The Morgan fingerprint density at radius 2 is 1.78 bits per heavy atom. The lowest BCUT2D eigenvalue weighted by Crippen LogP contribution is -2.35. The van der Waals surface area contributed by atoms with E-state index in [-0.39, 0.29) is 5.97 Å². The van der Waals surface area contributed by atoms with Crippen LogP contribution in [0.4, 0.5) is 0 Å². The molecule has 1 aromatic carbocycles. The van der Waals surface area contributed by atoms with Crippen LogP contribution in [0.1, 0.15) is 46.6 Å². The van der Waals surface area contributed by atoms with Crippen molar-refractivity contribution in [2.45, 2.75) is 59.7 Å². The van der Waals surface area contributed by atoms with Crippen molar-refractivity contribution in [2.24, 2.45) is 5.92 Å². The van der Waals surface area contributed by atoms with Gasteiger partial charge in [0, 0.05) is 0 Å². The van der Waals surface area contributed by atoms with Gasteiger partial charge < -0.3 is 8.92 Å². The number of benzene rings is 1. The van der Waals surface area contributed by atoms with Crippen LogP contribution in [0.3, 0.4) is 0 Å². The molecule has 0 spiro atoms. The van der Waals surface area contributed by atoms with Crippen molar-refractivity contribution in [2.75, 3.05) is 0 Å². The molecule has 3 unspecified atom stereocenters. The van der Waals surface area contributed by atoms with Crippen molar-refractivity contribution in [3.8, 4) is 5.75 Å². The van der Waals surface area contributed by atoms with Gasteiger partial charge in [-0.3, -0.25) is 8.98 Å². The van der Waals surface area contributed by atoms with Crippen LogP contribution in [0.15, 0.2) is 24.3 Å². The van der Waals surface area contributed by atoms with Crippen LogP contribution >= 0.6 is 0 Å². The maximum absolute atomic E-state index is 12.1. The number of esters is 1. The molecule has 0 saturated carbocycles. The molecule has 23 heavy (non-hydrogen) atoms. The summed E-state index contributed by atoms with van der Waals surface area (Å²) in [6.45, 7) is 10.9. The van der Waals surface area contributed by atoms with Crippen LogP contribution < -0.4 is 4.18 Å². The molecule has 0 aromatic heterocycles. The first-order chi connectivity index (χ1) is 10.6. The van der Waals surface area contributed by atoms with Crippen LogP contribution in [0, 0.1) is 12.8 Å². The average Bonchev–Trinajstić information content (AvgIpc) is 2.44. The van der Waals surface area contributed by atoms with Crippen molar-refractivity contribution in [3.05, 3.63) is 29.8 Å². The highest BCUT2D eigenvalue weighted by Crippen LogP contribution is 2.20. The maximum Gasteiger partial charge on any atom is 0.360 e. The number of ether oxygens (including phenoxy) is 1. The van der Waals surface area contributed by atoms with Gasteiger partial charge in [0.15, 0.2) is 0 Å². The highest BCUT2D eigenvalue weighted by atomic mass is 32.2. The van der Waals surface area contributed by atoms with Gasteiger partial charge >= 0.3 is 17.3 Å². The second-order valence-corrected chi connectivity index (χ2v) is 7.23. The molecule has 3 atom stereocenters. The predicted molar refractivity (Wildman–Crippen MR) is 90.1 cm³/mol. The minimum absolute atomic E-state index is 0.378. The molecule has 130 valence electrons. The van der Waals surface area contributed by atoms with Gasteiger partial charge in [-0.05, 0) is 53.2 Å². The number of carbonyl (C=O) groups excluding carboxylic acids is 1. The topological polar surface area (TPSA) is 61.8 Å². The molecule has 0 saturated heterocycles. The summed E-state index contributed by atoms with van der Waals surface area (Å²) in [4.78, 5) is 12.1. The fourth-order valence-electron chi connectivity index (χ4n) is 1.84. The van der Waals surface area contributed by atoms with Crippen molar-refractivity contribution in [1.29, 1.82) is 0 Å². The van der Waals surface area contributed by atoms with Crippen LogP contribution in [0.5, 0.6) is 5.75 Å². The monoisotopic (exact) mass is 342 g/mol. The number of aryl methyl sites for hydroxylation is 1. The third-order valence-corrected chi connectivity index (χ3v) is 3.86. The van der Waals surface area contributed by atoms with E-state index < -0.39 is 29.0 Å². The summed E-state index contributed by atoms with van der Waals surface area (Å²) < 4.78 is 27.9. The Kier molecular flexibility index (Phi) is 7.22. The third-order valence-electron chi connectivity index (χ3n) is 3.13. The molecule has 0 aliphatic rings. The summed E-state index contributed by atoms with van der Waals surface area (Å²) in [5, 5.41) is 0. The predicted octanol–water partition coefficient (Wildman–Crippen LogP) is 3.73. The van der Waals surface area contributed by atoms with Crippen molar-refractivity contribution in [3.63, 3.8) is 0 Å². The summed E-state index contributed by atoms with van der Waals surface area (Å²) >= 11 is -1.98. The largest absolute Gasteiger partial charge is 0.460 e. The molecule has 0 N–H and O–H groups in total. The minimum atomic E-state index is -1.98. The molecule has 1 rings (SSSR count). The first kappa shape index (κ1) is 19.6. The third kappa shape index (κ3) is 7.14. The van der Waals surface area contributed by atoms with Gasteiger partial charge in [-0.25, -0.2) is 0 Å². The van der Waals surface area contributed by atoms with Crippen molar-refractivity contribution in [1.82, 2.24) is 0 Å². The SMILES string of the molecule is CCC(OS(=O)Oc1ccc(C)cc1)C(C)C(=O)OC(C)(C)C. The molecule has 0 fully saturated rings. The summed E-state index contributed by atoms with van der Waals surface area (Å²) in [5.41, 5.74) is 0.510. The van der Waals surface area contributed by atoms with Gasteiger partial charge in [0.25, 0.3) is 0 Å². The second kappa shape index (κ2) is 8.45. The van der Waals surface area contributed by atoms with Crippen LogP contribution in [0.2, 0.25) is 0 Å². The van der Waals surface area contributed by atoms with E-state index in [1.54, 1.807) is 39.8 Å². The summed E-state index contributed by atoms with van der Waals surface area (Å²) in [6.07, 6.45) is -0.0280. The summed E-state index contributed by atoms with van der Waals surface area (Å²) in [7, 11) is 0. The van der Waals surface area contributed by atoms with Gasteiger partial charge in [-0.15, -0.1) is 0 Å². The van der Waals surface area contributed by atoms with E-state index in [1.807, 2.05) is 26.0 Å². The number of hydrogen-bond acceptors (Lipinski definition) is 5. The molecule has 0 aliphatic heterocycles. The summed E-state index contributed by atoms with van der Waals surface area (Å²) in [5.74, 6) is -0.463. The van der Waals surface area contributed by atoms with E-state index in [9.17, 15) is 9.00 Å². The van der Waals surface area contributed by atoms with Crippen molar-refractivity contribution < 1.29 is 22.1 Å². The zero-order valence-electron chi connectivity index (χ0n) is 14.6. The normalized spacial score (nSPS) is 15.6. The van der Waals surface area contributed by atoms with E-state index in [0.717, 1.165) is 5.56 Å². The molecule has 0 aliphatic carbocycles. The smallest absolute Gasteiger partial charge is 0.360 e. The Morgan fingerprint density at radius 1 is 1.22 bits per heavy atom. The maximum atomic E-state index is 12.1. The first-order valence-electron chi connectivity index (χ1n) is 7.69. The number of rotatable bonds is 7. The Hall–Kier alpha value is -1.40. The lowest BCUT2D eigenvalue weighted by Gasteiger charge is -2.25. The zero-order valence-corrected chi connectivity index (χ0v) is 15.4. The van der Waals surface area contributed by atoms with Crippen LogP contribution in [-0.4, -0.2) is 21.9 Å². The minimum Gasteiger partial charge on any atom is -0.460 e. The van der Waals surface area contributed by atoms with Gasteiger partial charge in [-0.2, -0.15) is 4.21 Å². The lowest BCUT2D eigenvalue weighted by molar-refractivity contribution is -0.162.